The molecule has 0 spiro atoms. The molecule has 4 heteroatoms. The third-order valence-corrected chi connectivity index (χ3v) is 3.79. The van der Waals surface area contributed by atoms with E-state index in [2.05, 4.69) is 15.9 Å². The molecule has 0 N–H and O–H groups in total. The summed E-state index contributed by atoms with van der Waals surface area (Å²) >= 11 is 3.30. The lowest BCUT2D eigenvalue weighted by atomic mass is 10.1. The minimum atomic E-state index is -0.345. The maximum absolute atomic E-state index is 13.7. The van der Waals surface area contributed by atoms with Crippen molar-refractivity contribution in [3.63, 3.8) is 0 Å². The maximum Gasteiger partial charge on any atom is 0.227 e. The summed E-state index contributed by atoms with van der Waals surface area (Å²) in [5.74, 6) is -0.416. The van der Waals surface area contributed by atoms with Gasteiger partial charge in [-0.15, -0.1) is 0 Å². The number of hydrogen-bond donors (Lipinski definition) is 0. The van der Waals surface area contributed by atoms with Crippen molar-refractivity contribution >= 4 is 21.8 Å². The molecule has 2 aromatic carbocycles. The van der Waals surface area contributed by atoms with Gasteiger partial charge in [-0.05, 0) is 36.2 Å². The SMILES string of the molecule is CCN(Cc1ccccc1)C(=O)Cc1cc(Br)ccc1F. The minimum Gasteiger partial charge on any atom is -0.338 e. The van der Waals surface area contributed by atoms with Gasteiger partial charge < -0.3 is 4.90 Å². The van der Waals surface area contributed by atoms with Crippen LogP contribution in [0.5, 0.6) is 0 Å². The molecule has 2 aromatic rings. The van der Waals surface area contributed by atoms with Crippen LogP contribution >= 0.6 is 15.9 Å². The van der Waals surface area contributed by atoms with E-state index in [1.807, 2.05) is 37.3 Å². The van der Waals surface area contributed by atoms with E-state index < -0.39 is 0 Å². The van der Waals surface area contributed by atoms with Gasteiger partial charge in [-0.1, -0.05) is 46.3 Å². The van der Waals surface area contributed by atoms with Crippen LogP contribution in [0.25, 0.3) is 0 Å². The van der Waals surface area contributed by atoms with Crippen LogP contribution in [-0.4, -0.2) is 17.4 Å². The molecule has 0 heterocycles. The number of benzene rings is 2. The van der Waals surface area contributed by atoms with Gasteiger partial charge in [-0.25, -0.2) is 4.39 Å². The van der Waals surface area contributed by atoms with E-state index in [9.17, 15) is 9.18 Å². The molecule has 0 aliphatic carbocycles. The lowest BCUT2D eigenvalue weighted by molar-refractivity contribution is -0.130. The van der Waals surface area contributed by atoms with Gasteiger partial charge in [0.25, 0.3) is 0 Å². The molecular weight excluding hydrogens is 333 g/mol. The highest BCUT2D eigenvalue weighted by atomic mass is 79.9. The summed E-state index contributed by atoms with van der Waals surface area (Å²) < 4.78 is 14.5. The molecule has 1 amide bonds. The molecule has 0 radical (unpaired) electrons. The van der Waals surface area contributed by atoms with Crippen LogP contribution in [0.2, 0.25) is 0 Å². The van der Waals surface area contributed by atoms with Gasteiger partial charge in [0, 0.05) is 17.6 Å². The second-order valence-corrected chi connectivity index (χ2v) is 5.72. The number of carbonyl (C=O) groups excluding carboxylic acids is 1. The molecule has 0 aliphatic rings. The fourth-order valence-corrected chi connectivity index (χ4v) is 2.54. The second-order valence-electron chi connectivity index (χ2n) is 4.81. The van der Waals surface area contributed by atoms with Gasteiger partial charge in [0.2, 0.25) is 5.91 Å². The number of carbonyl (C=O) groups is 1. The molecule has 0 atom stereocenters. The molecule has 0 bridgehead atoms. The van der Waals surface area contributed by atoms with Gasteiger partial charge in [0.1, 0.15) is 5.82 Å². The molecule has 0 saturated heterocycles. The van der Waals surface area contributed by atoms with Crippen molar-refractivity contribution in [2.24, 2.45) is 0 Å². The normalized spacial score (nSPS) is 10.4. The van der Waals surface area contributed by atoms with Crippen LogP contribution in [0, 0.1) is 5.82 Å². The number of amides is 1. The predicted molar refractivity (Wildman–Crippen MR) is 85.3 cm³/mol. The molecular formula is C17H17BrFNO. The molecule has 21 heavy (non-hydrogen) atoms. The zero-order valence-corrected chi connectivity index (χ0v) is 13.4. The standard InChI is InChI=1S/C17H17BrFNO/c1-2-20(12-13-6-4-3-5-7-13)17(21)11-14-10-15(18)8-9-16(14)19/h3-10H,2,11-12H2,1H3. The van der Waals surface area contributed by atoms with E-state index in [0.717, 1.165) is 10.0 Å². The first-order valence-corrected chi connectivity index (χ1v) is 7.65. The maximum atomic E-state index is 13.7. The molecule has 0 saturated carbocycles. The molecule has 2 nitrogen and oxygen atoms in total. The quantitative estimate of drug-likeness (QED) is 0.792. The zero-order valence-electron chi connectivity index (χ0n) is 11.9. The van der Waals surface area contributed by atoms with Crippen LogP contribution in [0.3, 0.4) is 0 Å². The van der Waals surface area contributed by atoms with Crippen LogP contribution in [0.1, 0.15) is 18.1 Å². The monoisotopic (exact) mass is 349 g/mol. The highest BCUT2D eigenvalue weighted by Crippen LogP contribution is 2.17. The third-order valence-electron chi connectivity index (χ3n) is 3.30. The van der Waals surface area contributed by atoms with E-state index in [4.69, 9.17) is 0 Å². The third kappa shape index (κ3) is 4.39. The number of likely N-dealkylation sites (N-methyl/N-ethyl adjacent to an activating group) is 1. The number of hydrogen-bond acceptors (Lipinski definition) is 1. The Morgan fingerprint density at radius 3 is 2.57 bits per heavy atom. The van der Waals surface area contributed by atoms with Gasteiger partial charge in [-0.3, -0.25) is 4.79 Å². The Hall–Kier alpha value is -1.68. The van der Waals surface area contributed by atoms with Gasteiger partial charge >= 0.3 is 0 Å². The van der Waals surface area contributed by atoms with Crippen molar-refractivity contribution in [1.82, 2.24) is 4.90 Å². The second kappa shape index (κ2) is 7.36. The summed E-state index contributed by atoms with van der Waals surface area (Å²) in [5.41, 5.74) is 1.49. The van der Waals surface area contributed by atoms with Crippen LogP contribution in [0.4, 0.5) is 4.39 Å². The molecule has 2 rings (SSSR count). The van der Waals surface area contributed by atoms with Crippen LogP contribution in [0.15, 0.2) is 53.0 Å². The van der Waals surface area contributed by atoms with Crippen molar-refractivity contribution in [3.05, 3.63) is 69.9 Å². The largest absolute Gasteiger partial charge is 0.338 e. The van der Waals surface area contributed by atoms with Crippen molar-refractivity contribution in [3.8, 4) is 0 Å². The molecule has 0 fully saturated rings. The average molecular weight is 350 g/mol. The van der Waals surface area contributed by atoms with Crippen molar-refractivity contribution in [2.75, 3.05) is 6.54 Å². The minimum absolute atomic E-state index is 0.0710. The van der Waals surface area contributed by atoms with E-state index in [-0.39, 0.29) is 18.1 Å². The summed E-state index contributed by atoms with van der Waals surface area (Å²) in [4.78, 5) is 14.1. The first kappa shape index (κ1) is 15.7. The zero-order chi connectivity index (χ0) is 15.2. The summed E-state index contributed by atoms with van der Waals surface area (Å²) in [6.45, 7) is 3.08. The Labute approximate surface area is 132 Å². The van der Waals surface area contributed by atoms with E-state index >= 15 is 0 Å². The molecule has 0 aromatic heterocycles. The Morgan fingerprint density at radius 2 is 1.90 bits per heavy atom. The number of halogens is 2. The average Bonchev–Trinajstić information content (AvgIpc) is 2.49. The van der Waals surface area contributed by atoms with Gasteiger partial charge in [0.05, 0.1) is 6.42 Å². The smallest absolute Gasteiger partial charge is 0.227 e. The van der Waals surface area contributed by atoms with Crippen molar-refractivity contribution in [1.29, 1.82) is 0 Å². The van der Waals surface area contributed by atoms with Gasteiger partial charge in [-0.2, -0.15) is 0 Å². The molecule has 110 valence electrons. The summed E-state index contributed by atoms with van der Waals surface area (Å²) in [6.07, 6.45) is 0.0753. The highest BCUT2D eigenvalue weighted by molar-refractivity contribution is 9.10. The summed E-state index contributed by atoms with van der Waals surface area (Å²) in [5, 5.41) is 0. The van der Waals surface area contributed by atoms with Crippen molar-refractivity contribution in [2.45, 2.75) is 19.9 Å². The Morgan fingerprint density at radius 1 is 1.19 bits per heavy atom. The topological polar surface area (TPSA) is 20.3 Å². The van der Waals surface area contributed by atoms with E-state index in [0.29, 0.717) is 18.7 Å². The summed E-state index contributed by atoms with van der Waals surface area (Å²) in [7, 11) is 0. The van der Waals surface area contributed by atoms with Gasteiger partial charge in [0.15, 0.2) is 0 Å². The number of rotatable bonds is 5. The first-order chi connectivity index (χ1) is 10.1. The Balaban J connectivity index is 2.08. The highest BCUT2D eigenvalue weighted by Gasteiger charge is 2.15. The molecule has 0 aliphatic heterocycles. The van der Waals surface area contributed by atoms with Crippen LogP contribution < -0.4 is 0 Å². The summed E-state index contributed by atoms with van der Waals surface area (Å²) in [6, 6.07) is 14.5. The van der Waals surface area contributed by atoms with E-state index in [1.54, 1.807) is 17.0 Å². The Kier molecular flexibility index (Phi) is 5.51. The lowest BCUT2D eigenvalue weighted by Gasteiger charge is -2.21. The van der Waals surface area contributed by atoms with Crippen molar-refractivity contribution < 1.29 is 9.18 Å². The van der Waals surface area contributed by atoms with Crippen LogP contribution in [-0.2, 0) is 17.8 Å². The predicted octanol–water partition coefficient (Wildman–Crippen LogP) is 4.18. The first-order valence-electron chi connectivity index (χ1n) is 6.85. The lowest BCUT2D eigenvalue weighted by Crippen LogP contribution is -2.31. The Bertz CT molecular complexity index is 615. The fourth-order valence-electron chi connectivity index (χ4n) is 2.13. The van der Waals surface area contributed by atoms with E-state index in [1.165, 1.54) is 6.07 Å². The fraction of sp³-hybridized carbons (Fsp3) is 0.235. The number of nitrogens with zero attached hydrogens (tertiary/aromatic N) is 1. The molecule has 0 unspecified atom stereocenters.